The third-order valence-corrected chi connectivity index (χ3v) is 4.42. The molecule has 1 aliphatic rings. The minimum Gasteiger partial charge on any atom is -0.348 e. The van der Waals surface area contributed by atoms with Crippen LogP contribution in [0.2, 0.25) is 0 Å². The van der Waals surface area contributed by atoms with Crippen LogP contribution < -0.4 is 0 Å². The Morgan fingerprint density at radius 3 is 2.77 bits per heavy atom. The van der Waals surface area contributed by atoms with E-state index in [9.17, 15) is 4.79 Å². The third kappa shape index (κ3) is 1.78. The second-order valence-corrected chi connectivity index (χ2v) is 6.10. The topological polar surface area (TPSA) is 53.9 Å². The van der Waals surface area contributed by atoms with Crippen molar-refractivity contribution in [3.8, 4) is 0 Å². The molecular weight excluding hydrogens is 276 g/mol. The number of aryl methyl sites for hydroxylation is 3. The molecule has 1 amide bonds. The fraction of sp³-hybridized carbons (Fsp3) is 0.294. The Labute approximate surface area is 128 Å². The number of H-pyrrole nitrogens is 1. The first-order valence-corrected chi connectivity index (χ1v) is 7.43. The zero-order valence-electron chi connectivity index (χ0n) is 13.0. The Morgan fingerprint density at radius 1 is 1.23 bits per heavy atom. The number of fused-ring (bicyclic) bond motifs is 3. The molecule has 0 radical (unpaired) electrons. The maximum absolute atomic E-state index is 12.7. The number of carbonyl (C=O) groups is 1. The zero-order chi connectivity index (χ0) is 15.4. The SMILES string of the molecule is Cc1cc(C)c2c(c1)cc1n2CN(Cc2nc[nH]c2C)C1=O. The second-order valence-electron chi connectivity index (χ2n) is 6.10. The molecule has 0 fully saturated rings. The van der Waals surface area contributed by atoms with Crippen LogP contribution in [0.5, 0.6) is 0 Å². The van der Waals surface area contributed by atoms with Gasteiger partial charge in [-0.05, 0) is 38.5 Å². The van der Waals surface area contributed by atoms with E-state index >= 15 is 0 Å². The van der Waals surface area contributed by atoms with Gasteiger partial charge in [-0.15, -0.1) is 0 Å². The molecule has 22 heavy (non-hydrogen) atoms. The van der Waals surface area contributed by atoms with E-state index in [4.69, 9.17) is 0 Å². The number of nitrogens with one attached hydrogen (secondary N) is 1. The smallest absolute Gasteiger partial charge is 0.272 e. The summed E-state index contributed by atoms with van der Waals surface area (Å²) >= 11 is 0. The first kappa shape index (κ1) is 13.1. The van der Waals surface area contributed by atoms with Crippen LogP contribution in [0, 0.1) is 20.8 Å². The lowest BCUT2D eigenvalue weighted by Crippen LogP contribution is -2.24. The van der Waals surface area contributed by atoms with Gasteiger partial charge in [0.25, 0.3) is 5.91 Å². The van der Waals surface area contributed by atoms with Crippen molar-refractivity contribution in [2.45, 2.75) is 34.0 Å². The predicted molar refractivity (Wildman–Crippen MR) is 84.6 cm³/mol. The first-order valence-electron chi connectivity index (χ1n) is 7.43. The van der Waals surface area contributed by atoms with E-state index in [1.807, 2.05) is 17.9 Å². The van der Waals surface area contributed by atoms with E-state index in [2.05, 4.69) is 40.5 Å². The molecule has 0 atom stereocenters. The van der Waals surface area contributed by atoms with E-state index < -0.39 is 0 Å². The van der Waals surface area contributed by atoms with Crippen molar-refractivity contribution in [3.05, 3.63) is 52.7 Å². The highest BCUT2D eigenvalue weighted by Gasteiger charge is 2.30. The zero-order valence-corrected chi connectivity index (χ0v) is 13.0. The molecule has 5 heteroatoms. The quantitative estimate of drug-likeness (QED) is 0.790. The lowest BCUT2D eigenvalue weighted by Gasteiger charge is -2.15. The molecule has 1 aromatic carbocycles. The van der Waals surface area contributed by atoms with Gasteiger partial charge in [0.05, 0.1) is 30.8 Å². The molecule has 3 aromatic rings. The Balaban J connectivity index is 1.75. The van der Waals surface area contributed by atoms with E-state index in [0.29, 0.717) is 13.2 Å². The Morgan fingerprint density at radius 2 is 2.05 bits per heavy atom. The van der Waals surface area contributed by atoms with Crippen molar-refractivity contribution in [2.75, 3.05) is 0 Å². The monoisotopic (exact) mass is 294 g/mol. The average molecular weight is 294 g/mol. The molecule has 3 heterocycles. The van der Waals surface area contributed by atoms with Gasteiger partial charge in [-0.2, -0.15) is 0 Å². The van der Waals surface area contributed by atoms with Crippen LogP contribution in [-0.2, 0) is 13.2 Å². The molecule has 0 unspecified atom stereocenters. The molecule has 1 N–H and O–H groups in total. The first-order chi connectivity index (χ1) is 10.5. The molecular formula is C17H18N4O. The molecule has 0 saturated heterocycles. The highest BCUT2D eigenvalue weighted by atomic mass is 16.2. The number of nitrogens with zero attached hydrogens (tertiary/aromatic N) is 3. The van der Waals surface area contributed by atoms with Crippen LogP contribution in [0.15, 0.2) is 24.5 Å². The number of hydrogen-bond donors (Lipinski definition) is 1. The lowest BCUT2D eigenvalue weighted by molar-refractivity contribution is 0.0755. The normalized spacial score (nSPS) is 14.1. The lowest BCUT2D eigenvalue weighted by atomic mass is 10.1. The molecule has 0 saturated carbocycles. The van der Waals surface area contributed by atoms with Crippen LogP contribution in [0.25, 0.3) is 10.9 Å². The summed E-state index contributed by atoms with van der Waals surface area (Å²) in [6, 6.07) is 6.32. The van der Waals surface area contributed by atoms with Crippen molar-refractivity contribution < 1.29 is 4.79 Å². The van der Waals surface area contributed by atoms with Crippen molar-refractivity contribution in [2.24, 2.45) is 0 Å². The maximum atomic E-state index is 12.7. The molecule has 0 spiro atoms. The van der Waals surface area contributed by atoms with Gasteiger partial charge < -0.3 is 14.5 Å². The van der Waals surface area contributed by atoms with E-state index in [0.717, 1.165) is 28.0 Å². The number of benzene rings is 1. The molecule has 112 valence electrons. The van der Waals surface area contributed by atoms with E-state index in [-0.39, 0.29) is 5.91 Å². The number of hydrogen-bond acceptors (Lipinski definition) is 2. The van der Waals surface area contributed by atoms with Crippen LogP contribution >= 0.6 is 0 Å². The van der Waals surface area contributed by atoms with Crippen LogP contribution in [0.1, 0.15) is 33.0 Å². The number of aromatic amines is 1. The Bertz CT molecular complexity index is 903. The fourth-order valence-electron chi connectivity index (χ4n) is 3.39. The van der Waals surface area contributed by atoms with Crippen LogP contribution in [0.4, 0.5) is 0 Å². The van der Waals surface area contributed by atoms with Crippen molar-refractivity contribution >= 4 is 16.8 Å². The van der Waals surface area contributed by atoms with Gasteiger partial charge in [0.2, 0.25) is 0 Å². The van der Waals surface area contributed by atoms with Crippen LogP contribution in [0.3, 0.4) is 0 Å². The summed E-state index contributed by atoms with van der Waals surface area (Å²) in [5.74, 6) is 0.0793. The molecule has 2 aromatic heterocycles. The van der Waals surface area contributed by atoms with Gasteiger partial charge in [0, 0.05) is 11.1 Å². The van der Waals surface area contributed by atoms with E-state index in [1.54, 1.807) is 6.33 Å². The Hall–Kier alpha value is -2.56. The van der Waals surface area contributed by atoms with Gasteiger partial charge >= 0.3 is 0 Å². The molecule has 4 rings (SSSR count). The number of imidazole rings is 1. The Kier molecular flexibility index (Phi) is 2.66. The van der Waals surface area contributed by atoms with Crippen molar-refractivity contribution in [1.82, 2.24) is 19.4 Å². The van der Waals surface area contributed by atoms with Crippen LogP contribution in [-0.4, -0.2) is 25.3 Å². The standard InChI is InChI=1S/C17H18N4O/c1-10-4-11(2)16-13(5-10)6-15-17(22)20(9-21(15)16)7-14-12(3)18-8-19-14/h4-6,8H,7,9H2,1-3H3,(H,18,19). The van der Waals surface area contributed by atoms with Gasteiger partial charge in [-0.3, -0.25) is 4.79 Å². The minimum atomic E-state index is 0.0793. The summed E-state index contributed by atoms with van der Waals surface area (Å²) in [6.45, 7) is 7.30. The largest absolute Gasteiger partial charge is 0.348 e. The summed E-state index contributed by atoms with van der Waals surface area (Å²) in [7, 11) is 0. The summed E-state index contributed by atoms with van der Waals surface area (Å²) < 4.78 is 2.12. The maximum Gasteiger partial charge on any atom is 0.272 e. The predicted octanol–water partition coefficient (Wildman–Crippen LogP) is 2.90. The van der Waals surface area contributed by atoms with Gasteiger partial charge in [-0.1, -0.05) is 11.6 Å². The van der Waals surface area contributed by atoms with E-state index in [1.165, 1.54) is 11.1 Å². The number of rotatable bonds is 2. The summed E-state index contributed by atoms with van der Waals surface area (Å²) in [4.78, 5) is 21.9. The number of amides is 1. The van der Waals surface area contributed by atoms with Crippen molar-refractivity contribution in [3.63, 3.8) is 0 Å². The molecule has 5 nitrogen and oxygen atoms in total. The summed E-state index contributed by atoms with van der Waals surface area (Å²) in [6.07, 6.45) is 1.67. The average Bonchev–Trinajstić information content (AvgIpc) is 3.09. The second kappa shape index (κ2) is 4.47. The van der Waals surface area contributed by atoms with Crippen molar-refractivity contribution in [1.29, 1.82) is 0 Å². The van der Waals surface area contributed by atoms with Gasteiger partial charge in [0.1, 0.15) is 5.69 Å². The fourth-order valence-corrected chi connectivity index (χ4v) is 3.39. The number of aromatic nitrogens is 3. The third-order valence-electron chi connectivity index (χ3n) is 4.42. The highest BCUT2D eigenvalue weighted by molar-refractivity contribution is 6.01. The molecule has 0 bridgehead atoms. The summed E-state index contributed by atoms with van der Waals surface area (Å²) in [5.41, 5.74) is 6.32. The highest BCUT2D eigenvalue weighted by Crippen LogP contribution is 2.30. The molecule has 1 aliphatic heterocycles. The van der Waals surface area contributed by atoms with Gasteiger partial charge in [-0.25, -0.2) is 4.98 Å². The number of carbonyl (C=O) groups excluding carboxylic acids is 1. The molecule has 0 aliphatic carbocycles. The summed E-state index contributed by atoms with van der Waals surface area (Å²) in [5, 5.41) is 1.15. The minimum absolute atomic E-state index is 0.0793. The van der Waals surface area contributed by atoms with Gasteiger partial charge in [0.15, 0.2) is 0 Å².